The van der Waals surface area contributed by atoms with Gasteiger partial charge >= 0.3 is 0 Å². The van der Waals surface area contributed by atoms with Crippen LogP contribution in [-0.4, -0.2) is 39.0 Å². The molecular formula is C17H16N2O3S. The number of benzene rings is 1. The predicted octanol–water partition coefficient (Wildman–Crippen LogP) is 1.90. The Morgan fingerprint density at radius 3 is 2.91 bits per heavy atom. The summed E-state index contributed by atoms with van der Waals surface area (Å²) in [4.78, 5) is 13.8. The van der Waals surface area contributed by atoms with Crippen molar-refractivity contribution >= 4 is 23.0 Å². The lowest BCUT2D eigenvalue weighted by atomic mass is 9.84. The molecule has 0 fully saturated rings. The average Bonchev–Trinajstić information content (AvgIpc) is 2.51. The Morgan fingerprint density at radius 1 is 1.48 bits per heavy atom. The topological polar surface area (TPSA) is 73.6 Å². The Morgan fingerprint density at radius 2 is 2.22 bits per heavy atom. The number of nitrogens with zero attached hydrogens (tertiary/aromatic N) is 2. The SMILES string of the molecule is CC1(C)Oc2ccc(C#N)cc2C(N2CC=CC(=O)C2=S)C1O. The number of hydrogen-bond donors (Lipinski definition) is 1. The number of fused-ring (bicyclic) bond motifs is 1. The van der Waals surface area contributed by atoms with Crippen molar-refractivity contribution in [2.75, 3.05) is 6.54 Å². The van der Waals surface area contributed by atoms with E-state index in [4.69, 9.17) is 22.2 Å². The van der Waals surface area contributed by atoms with Crippen LogP contribution in [0.15, 0.2) is 30.4 Å². The molecule has 0 bridgehead atoms. The number of ether oxygens (including phenoxy) is 1. The second-order valence-electron chi connectivity index (χ2n) is 6.18. The van der Waals surface area contributed by atoms with E-state index in [2.05, 4.69) is 6.07 Å². The van der Waals surface area contributed by atoms with Crippen LogP contribution in [0.1, 0.15) is 31.0 Å². The van der Waals surface area contributed by atoms with E-state index in [1.807, 2.05) is 0 Å². The Balaban J connectivity index is 2.14. The van der Waals surface area contributed by atoms with Crippen molar-refractivity contribution in [1.82, 2.24) is 4.90 Å². The van der Waals surface area contributed by atoms with Crippen molar-refractivity contribution in [3.63, 3.8) is 0 Å². The first kappa shape index (κ1) is 15.7. The van der Waals surface area contributed by atoms with Crippen LogP contribution in [0, 0.1) is 11.3 Å². The third kappa shape index (κ3) is 2.52. The number of thiocarbonyl (C=S) groups is 1. The summed E-state index contributed by atoms with van der Waals surface area (Å²) in [5.41, 5.74) is 0.293. The molecule has 1 N–H and O–H groups in total. The second kappa shape index (κ2) is 5.44. The maximum absolute atomic E-state index is 11.9. The van der Waals surface area contributed by atoms with Gasteiger partial charge in [0.1, 0.15) is 17.5 Å². The van der Waals surface area contributed by atoms with Gasteiger partial charge in [-0.3, -0.25) is 4.79 Å². The quantitative estimate of drug-likeness (QED) is 0.794. The first-order valence-corrected chi connectivity index (χ1v) is 7.68. The summed E-state index contributed by atoms with van der Waals surface area (Å²) in [6, 6.07) is 6.62. The molecule has 118 valence electrons. The molecule has 2 atom stereocenters. The maximum atomic E-state index is 11.9. The zero-order valence-corrected chi connectivity index (χ0v) is 13.6. The van der Waals surface area contributed by atoms with Gasteiger partial charge in [0, 0.05) is 12.1 Å². The summed E-state index contributed by atoms with van der Waals surface area (Å²) < 4.78 is 5.88. The van der Waals surface area contributed by atoms with Crippen LogP contribution >= 0.6 is 12.2 Å². The zero-order valence-electron chi connectivity index (χ0n) is 12.8. The number of carbonyl (C=O) groups is 1. The number of carbonyl (C=O) groups excluding carboxylic acids is 1. The molecule has 0 saturated carbocycles. The van der Waals surface area contributed by atoms with Gasteiger partial charge in [-0.05, 0) is 38.1 Å². The Kier molecular flexibility index (Phi) is 3.71. The molecule has 0 amide bonds. The smallest absolute Gasteiger partial charge is 0.212 e. The van der Waals surface area contributed by atoms with Gasteiger partial charge < -0.3 is 14.7 Å². The molecule has 6 heteroatoms. The fraction of sp³-hybridized carbons (Fsp3) is 0.353. The number of nitriles is 1. The highest BCUT2D eigenvalue weighted by Crippen LogP contribution is 2.43. The Bertz CT molecular complexity index is 764. The molecule has 1 aromatic carbocycles. The van der Waals surface area contributed by atoms with E-state index in [1.165, 1.54) is 6.08 Å². The highest BCUT2D eigenvalue weighted by Gasteiger charge is 2.46. The summed E-state index contributed by atoms with van der Waals surface area (Å²) >= 11 is 5.26. The first-order valence-electron chi connectivity index (χ1n) is 7.28. The highest BCUT2D eigenvalue weighted by atomic mass is 32.1. The average molecular weight is 328 g/mol. The van der Waals surface area contributed by atoms with Crippen molar-refractivity contribution in [1.29, 1.82) is 5.26 Å². The molecule has 23 heavy (non-hydrogen) atoms. The van der Waals surface area contributed by atoms with Gasteiger partial charge in [-0.25, -0.2) is 0 Å². The van der Waals surface area contributed by atoms with E-state index in [0.717, 1.165) is 0 Å². The molecule has 2 unspecified atom stereocenters. The minimum atomic E-state index is -0.902. The van der Waals surface area contributed by atoms with Crippen LogP contribution in [0.2, 0.25) is 0 Å². The van der Waals surface area contributed by atoms with Gasteiger partial charge in [0.15, 0.2) is 4.99 Å². The van der Waals surface area contributed by atoms with Crippen molar-refractivity contribution in [3.8, 4) is 11.8 Å². The molecule has 2 heterocycles. The summed E-state index contributed by atoms with van der Waals surface area (Å²) in [5, 5.41) is 20.0. The van der Waals surface area contributed by atoms with Crippen LogP contribution in [0.5, 0.6) is 5.75 Å². The van der Waals surface area contributed by atoms with E-state index in [1.54, 1.807) is 43.0 Å². The van der Waals surface area contributed by atoms with Gasteiger partial charge in [0.25, 0.3) is 0 Å². The van der Waals surface area contributed by atoms with E-state index >= 15 is 0 Å². The minimum Gasteiger partial charge on any atom is -0.485 e. The summed E-state index contributed by atoms with van der Waals surface area (Å²) in [5.74, 6) is 0.342. The summed E-state index contributed by atoms with van der Waals surface area (Å²) in [7, 11) is 0. The third-order valence-electron chi connectivity index (χ3n) is 4.22. The predicted molar refractivity (Wildman–Crippen MR) is 88.1 cm³/mol. The summed E-state index contributed by atoms with van der Waals surface area (Å²) in [6.45, 7) is 4.01. The monoisotopic (exact) mass is 328 g/mol. The normalized spacial score (nSPS) is 25.6. The van der Waals surface area contributed by atoms with E-state index in [-0.39, 0.29) is 10.8 Å². The molecule has 0 aliphatic carbocycles. The Labute approximate surface area is 139 Å². The molecule has 0 radical (unpaired) electrons. The number of aliphatic hydroxyl groups is 1. The molecule has 2 aliphatic heterocycles. The molecular weight excluding hydrogens is 312 g/mol. The molecule has 0 spiro atoms. The lowest BCUT2D eigenvalue weighted by Gasteiger charge is -2.47. The van der Waals surface area contributed by atoms with Crippen LogP contribution in [0.25, 0.3) is 0 Å². The van der Waals surface area contributed by atoms with Gasteiger partial charge in [0.2, 0.25) is 5.78 Å². The van der Waals surface area contributed by atoms with E-state index < -0.39 is 17.7 Å². The molecule has 0 aromatic heterocycles. The summed E-state index contributed by atoms with van der Waals surface area (Å²) in [6.07, 6.45) is 2.27. The number of ketones is 1. The van der Waals surface area contributed by atoms with E-state index in [9.17, 15) is 9.90 Å². The lowest BCUT2D eigenvalue weighted by Crippen LogP contribution is -2.55. The van der Waals surface area contributed by atoms with Crippen molar-refractivity contribution in [3.05, 3.63) is 41.5 Å². The van der Waals surface area contributed by atoms with Crippen LogP contribution in [0.3, 0.4) is 0 Å². The van der Waals surface area contributed by atoms with Crippen LogP contribution in [-0.2, 0) is 4.79 Å². The number of aliphatic hydroxyl groups excluding tert-OH is 1. The van der Waals surface area contributed by atoms with Gasteiger partial charge in [-0.2, -0.15) is 5.26 Å². The standard InChI is InChI=1S/C17H16N2O3S/c1-17(2)15(21)14(19-7-3-4-12(20)16(19)23)11-8-10(9-18)5-6-13(11)22-17/h3-6,8,14-15,21H,7H2,1-2H3. The fourth-order valence-electron chi connectivity index (χ4n) is 2.98. The maximum Gasteiger partial charge on any atom is 0.212 e. The highest BCUT2D eigenvalue weighted by molar-refractivity contribution is 7.82. The largest absolute Gasteiger partial charge is 0.485 e. The first-order chi connectivity index (χ1) is 10.8. The molecule has 3 rings (SSSR count). The number of hydrogen-bond acceptors (Lipinski definition) is 5. The molecule has 5 nitrogen and oxygen atoms in total. The van der Waals surface area contributed by atoms with Gasteiger partial charge in [-0.1, -0.05) is 18.3 Å². The number of rotatable bonds is 1. The van der Waals surface area contributed by atoms with Gasteiger partial charge in [-0.15, -0.1) is 0 Å². The fourth-order valence-corrected chi connectivity index (χ4v) is 3.24. The zero-order chi connectivity index (χ0) is 16.8. The molecule has 2 aliphatic rings. The van der Waals surface area contributed by atoms with Crippen molar-refractivity contribution in [2.45, 2.75) is 31.6 Å². The Hall–Kier alpha value is -2.23. The van der Waals surface area contributed by atoms with Gasteiger partial charge in [0.05, 0.1) is 17.7 Å². The molecule has 0 saturated heterocycles. The molecule has 1 aromatic rings. The van der Waals surface area contributed by atoms with Crippen molar-refractivity contribution < 1.29 is 14.6 Å². The van der Waals surface area contributed by atoms with Crippen LogP contribution in [0.4, 0.5) is 0 Å². The minimum absolute atomic E-state index is 0.169. The van der Waals surface area contributed by atoms with Crippen molar-refractivity contribution in [2.24, 2.45) is 0 Å². The van der Waals surface area contributed by atoms with E-state index in [0.29, 0.717) is 23.4 Å². The third-order valence-corrected chi connectivity index (χ3v) is 4.66. The lowest BCUT2D eigenvalue weighted by molar-refractivity contribution is -0.111. The second-order valence-corrected chi connectivity index (χ2v) is 6.57. The van der Waals surface area contributed by atoms with Crippen LogP contribution < -0.4 is 4.74 Å².